The van der Waals surface area contributed by atoms with Gasteiger partial charge in [-0.25, -0.2) is 0 Å². The number of allylic oxidation sites excluding steroid dienone is 3. The molecule has 0 saturated carbocycles. The highest BCUT2D eigenvalue weighted by Gasteiger charge is 2.23. The van der Waals surface area contributed by atoms with Gasteiger partial charge in [0.25, 0.3) is 0 Å². The van der Waals surface area contributed by atoms with Crippen molar-refractivity contribution in [2.45, 2.75) is 32.1 Å². The summed E-state index contributed by atoms with van der Waals surface area (Å²) < 4.78 is 0. The third-order valence-electron chi connectivity index (χ3n) is 2.81. The molecule has 1 aliphatic heterocycles. The van der Waals surface area contributed by atoms with Crippen LogP contribution in [0.3, 0.4) is 0 Å². The van der Waals surface area contributed by atoms with E-state index in [0.29, 0.717) is 6.42 Å². The minimum absolute atomic E-state index is 0.255. The number of hydrogen-bond acceptors (Lipinski definition) is 1. The van der Waals surface area contributed by atoms with Crippen LogP contribution >= 0.6 is 0 Å². The number of carbonyl (C=O) groups is 1. The summed E-state index contributed by atoms with van der Waals surface area (Å²) in [4.78, 5) is 13.2. The van der Waals surface area contributed by atoms with Crippen LogP contribution in [-0.4, -0.2) is 17.9 Å². The molecular weight excluding hydrogens is 162 g/mol. The quantitative estimate of drug-likeness (QED) is 0.555. The second kappa shape index (κ2) is 3.36. The fourth-order valence-electron chi connectivity index (χ4n) is 1.99. The van der Waals surface area contributed by atoms with Gasteiger partial charge in [0.05, 0.1) is 0 Å². The fourth-order valence-corrected chi connectivity index (χ4v) is 1.99. The van der Waals surface area contributed by atoms with E-state index < -0.39 is 0 Å². The van der Waals surface area contributed by atoms with E-state index in [2.05, 4.69) is 12.2 Å². The molecule has 1 heterocycles. The second-order valence-electron chi connectivity index (χ2n) is 3.70. The Morgan fingerprint density at radius 1 is 1.23 bits per heavy atom. The van der Waals surface area contributed by atoms with Gasteiger partial charge in [0.15, 0.2) is 0 Å². The lowest BCUT2D eigenvalue weighted by Crippen LogP contribution is -2.30. The molecule has 0 atom stereocenters. The minimum Gasteiger partial charge on any atom is -0.316 e. The molecule has 1 aliphatic carbocycles. The smallest absolute Gasteiger partial charge is 0.227 e. The molecule has 0 bridgehead atoms. The van der Waals surface area contributed by atoms with Gasteiger partial charge >= 0.3 is 0 Å². The van der Waals surface area contributed by atoms with E-state index >= 15 is 0 Å². The van der Waals surface area contributed by atoms with Gasteiger partial charge in [-0.05, 0) is 31.3 Å². The highest BCUT2D eigenvalue weighted by Crippen LogP contribution is 2.29. The van der Waals surface area contributed by atoms with Crippen molar-refractivity contribution in [3.8, 4) is 0 Å². The average Bonchev–Trinajstić information content (AvgIpc) is 2.36. The summed E-state index contributed by atoms with van der Waals surface area (Å²) in [5.74, 6) is 0.255. The summed E-state index contributed by atoms with van der Waals surface area (Å²) in [6, 6.07) is 0. The maximum absolute atomic E-state index is 11.4. The maximum atomic E-state index is 11.4. The summed E-state index contributed by atoms with van der Waals surface area (Å²) in [5.41, 5.74) is 2.54. The summed E-state index contributed by atoms with van der Waals surface area (Å²) in [6.07, 6.45) is 9.60. The number of likely N-dealkylation sites (tertiary alicyclic amines) is 1. The largest absolute Gasteiger partial charge is 0.316 e. The van der Waals surface area contributed by atoms with Crippen molar-refractivity contribution in [1.82, 2.24) is 4.90 Å². The van der Waals surface area contributed by atoms with Crippen LogP contribution in [-0.2, 0) is 4.79 Å². The normalized spacial score (nSPS) is 23.2. The Morgan fingerprint density at radius 3 is 2.85 bits per heavy atom. The highest BCUT2D eigenvalue weighted by atomic mass is 16.2. The first-order valence-electron chi connectivity index (χ1n) is 4.95. The lowest BCUT2D eigenvalue weighted by atomic mass is 10.00. The van der Waals surface area contributed by atoms with Gasteiger partial charge in [-0.2, -0.15) is 0 Å². The zero-order valence-electron chi connectivity index (χ0n) is 8.05. The number of fused-ring (bicyclic) bond motifs is 1. The average molecular weight is 177 g/mol. The van der Waals surface area contributed by atoms with Crippen molar-refractivity contribution in [2.75, 3.05) is 7.05 Å². The molecule has 1 saturated heterocycles. The first-order valence-corrected chi connectivity index (χ1v) is 4.95. The second-order valence-corrected chi connectivity index (χ2v) is 3.70. The molecule has 0 N–H and O–H groups in total. The number of carbonyl (C=O) groups excluding carboxylic acids is 1. The van der Waals surface area contributed by atoms with Gasteiger partial charge in [-0.1, -0.05) is 12.2 Å². The molecule has 70 valence electrons. The fraction of sp³-hybridized carbons (Fsp3) is 0.545. The van der Waals surface area contributed by atoms with Gasteiger partial charge in [-0.3, -0.25) is 4.79 Å². The Labute approximate surface area is 78.9 Å². The van der Waals surface area contributed by atoms with Crippen molar-refractivity contribution in [3.63, 3.8) is 0 Å². The van der Waals surface area contributed by atoms with Crippen LogP contribution in [0.25, 0.3) is 0 Å². The van der Waals surface area contributed by atoms with Crippen molar-refractivity contribution in [2.24, 2.45) is 0 Å². The Bertz CT molecular complexity index is 288. The van der Waals surface area contributed by atoms with Gasteiger partial charge in [-0.15, -0.1) is 0 Å². The van der Waals surface area contributed by atoms with Crippen LogP contribution in [0.1, 0.15) is 32.1 Å². The van der Waals surface area contributed by atoms with Crippen LogP contribution in [0, 0.1) is 0 Å². The standard InChI is InChI=1S/C11H15NO/c1-12-10-6-4-2-3-5-9(10)7-8-11(12)13/h5-6H,2-4,7-8H2,1H3. The molecule has 2 heteroatoms. The van der Waals surface area contributed by atoms with E-state index in [9.17, 15) is 4.79 Å². The number of hydrogen-bond donors (Lipinski definition) is 0. The molecule has 1 amide bonds. The van der Waals surface area contributed by atoms with Crippen LogP contribution in [0.2, 0.25) is 0 Å². The Kier molecular flexibility index (Phi) is 2.21. The maximum Gasteiger partial charge on any atom is 0.227 e. The molecule has 0 radical (unpaired) electrons. The summed E-state index contributed by atoms with van der Waals surface area (Å²) in [5, 5.41) is 0. The third-order valence-corrected chi connectivity index (χ3v) is 2.81. The molecule has 1 fully saturated rings. The summed E-state index contributed by atoms with van der Waals surface area (Å²) in [7, 11) is 1.88. The van der Waals surface area contributed by atoms with Gasteiger partial charge in [0, 0.05) is 19.2 Å². The number of amides is 1. The van der Waals surface area contributed by atoms with E-state index in [-0.39, 0.29) is 5.91 Å². The van der Waals surface area contributed by atoms with E-state index in [0.717, 1.165) is 25.0 Å². The number of likely N-dealkylation sites (N-methyl/N-ethyl adjacent to an activating group) is 1. The molecule has 0 unspecified atom stereocenters. The van der Waals surface area contributed by atoms with E-state index in [1.165, 1.54) is 12.0 Å². The van der Waals surface area contributed by atoms with Crippen LogP contribution < -0.4 is 0 Å². The third kappa shape index (κ3) is 1.53. The van der Waals surface area contributed by atoms with Crippen molar-refractivity contribution < 1.29 is 4.79 Å². The van der Waals surface area contributed by atoms with Crippen molar-refractivity contribution in [3.05, 3.63) is 23.4 Å². The van der Waals surface area contributed by atoms with Crippen molar-refractivity contribution >= 4 is 5.91 Å². The Hall–Kier alpha value is -1.05. The summed E-state index contributed by atoms with van der Waals surface area (Å²) in [6.45, 7) is 0. The Morgan fingerprint density at radius 2 is 2.00 bits per heavy atom. The van der Waals surface area contributed by atoms with Crippen LogP contribution in [0.5, 0.6) is 0 Å². The molecule has 0 spiro atoms. The SMILES string of the molecule is CN1C(=O)CCC2=CCCCC=C21. The minimum atomic E-state index is 0.255. The zero-order chi connectivity index (χ0) is 9.26. The van der Waals surface area contributed by atoms with Gasteiger partial charge < -0.3 is 4.90 Å². The lowest BCUT2D eigenvalue weighted by molar-refractivity contribution is -0.128. The van der Waals surface area contributed by atoms with Crippen LogP contribution in [0.15, 0.2) is 23.4 Å². The predicted octanol–water partition coefficient (Wildman–Crippen LogP) is 2.23. The first kappa shape index (κ1) is 8.54. The molecule has 0 aromatic carbocycles. The van der Waals surface area contributed by atoms with E-state index in [1.54, 1.807) is 4.90 Å². The predicted molar refractivity (Wildman–Crippen MR) is 52.0 cm³/mol. The van der Waals surface area contributed by atoms with Gasteiger partial charge in [0.1, 0.15) is 0 Å². The monoisotopic (exact) mass is 177 g/mol. The molecule has 2 aliphatic rings. The van der Waals surface area contributed by atoms with Crippen LogP contribution in [0.4, 0.5) is 0 Å². The molecule has 2 rings (SSSR count). The summed E-state index contributed by atoms with van der Waals surface area (Å²) >= 11 is 0. The molecule has 0 aromatic heterocycles. The number of rotatable bonds is 0. The van der Waals surface area contributed by atoms with Crippen molar-refractivity contribution in [1.29, 1.82) is 0 Å². The lowest BCUT2D eigenvalue weighted by Gasteiger charge is -2.27. The van der Waals surface area contributed by atoms with Gasteiger partial charge in [0.2, 0.25) is 5.91 Å². The molecular formula is C11H15NO. The molecule has 0 aromatic rings. The Balaban J connectivity index is 2.31. The topological polar surface area (TPSA) is 20.3 Å². The number of nitrogens with zero attached hydrogens (tertiary/aromatic N) is 1. The van der Waals surface area contributed by atoms with E-state index in [1.807, 2.05) is 7.05 Å². The highest BCUT2D eigenvalue weighted by molar-refractivity contribution is 5.81. The molecule has 13 heavy (non-hydrogen) atoms. The number of piperidine rings is 1. The molecule has 2 nitrogen and oxygen atoms in total. The van der Waals surface area contributed by atoms with E-state index in [4.69, 9.17) is 0 Å². The zero-order valence-corrected chi connectivity index (χ0v) is 8.05. The first-order chi connectivity index (χ1) is 6.29.